The summed E-state index contributed by atoms with van der Waals surface area (Å²) in [6.07, 6.45) is 2.20. The highest BCUT2D eigenvalue weighted by Crippen LogP contribution is 2.51. The first-order valence-corrected chi connectivity index (χ1v) is 7.94. The van der Waals surface area contributed by atoms with Crippen LogP contribution in [0.4, 0.5) is 5.69 Å². The van der Waals surface area contributed by atoms with Crippen molar-refractivity contribution in [2.24, 2.45) is 17.2 Å². The monoisotopic (exact) mass is 283 g/mol. The normalized spacial score (nSPS) is 17.5. The summed E-state index contributed by atoms with van der Waals surface area (Å²) >= 11 is 0. The predicted molar refractivity (Wildman–Crippen MR) is 75.9 cm³/mol. The number of benzene rings is 1. The Bertz CT molecular complexity index is 534. The Morgan fingerprint density at radius 3 is 2.26 bits per heavy atom. The van der Waals surface area contributed by atoms with E-state index < -0.39 is 10.0 Å². The largest absolute Gasteiger partial charge is 0.324 e. The number of nitrogens with two attached hydrogens (primary N) is 1. The summed E-state index contributed by atoms with van der Waals surface area (Å²) in [4.78, 5) is 0.269. The molecule has 0 atom stereocenters. The van der Waals surface area contributed by atoms with Crippen molar-refractivity contribution in [1.29, 1.82) is 0 Å². The van der Waals surface area contributed by atoms with Crippen molar-refractivity contribution in [2.75, 3.05) is 12.0 Å². The predicted octanol–water partition coefficient (Wildman–Crippen LogP) is 1.69. The van der Waals surface area contributed by atoms with Gasteiger partial charge in [-0.2, -0.15) is 0 Å². The molecule has 1 aromatic carbocycles. The minimum atomic E-state index is -3.43. The Kier molecular flexibility index (Phi) is 3.85. The fraction of sp³-hybridized carbons (Fsp3) is 0.538. The maximum absolute atomic E-state index is 12.2. The minimum absolute atomic E-state index is 0.159. The zero-order valence-electron chi connectivity index (χ0n) is 11.3. The lowest BCUT2D eigenvalue weighted by Gasteiger charge is -2.20. The molecule has 106 valence electrons. The van der Waals surface area contributed by atoms with Gasteiger partial charge in [-0.25, -0.2) is 13.1 Å². The summed E-state index contributed by atoms with van der Waals surface area (Å²) in [5.41, 5.74) is 3.31. The third kappa shape index (κ3) is 3.08. The van der Waals surface area contributed by atoms with Crippen LogP contribution in [0.1, 0.15) is 26.7 Å². The standard InChI is InChI=1S/C13H21N3O2S/c1-10(2)13(7-8-13)9-15-19(17,18)12-5-3-11(16-14)4-6-12/h3-6,10,15-16H,7-9,14H2,1-2H3. The molecule has 0 aliphatic heterocycles. The highest BCUT2D eigenvalue weighted by atomic mass is 32.2. The first-order valence-electron chi connectivity index (χ1n) is 6.46. The van der Waals surface area contributed by atoms with Gasteiger partial charge < -0.3 is 5.43 Å². The van der Waals surface area contributed by atoms with Crippen LogP contribution in [-0.2, 0) is 10.0 Å². The number of hydrazine groups is 1. The summed E-state index contributed by atoms with van der Waals surface area (Å²) in [5.74, 6) is 5.75. The van der Waals surface area contributed by atoms with E-state index in [-0.39, 0.29) is 10.3 Å². The van der Waals surface area contributed by atoms with Gasteiger partial charge in [0.2, 0.25) is 10.0 Å². The Labute approximate surface area is 114 Å². The highest BCUT2D eigenvalue weighted by Gasteiger charge is 2.45. The van der Waals surface area contributed by atoms with E-state index in [0.29, 0.717) is 18.2 Å². The second-order valence-electron chi connectivity index (χ2n) is 5.51. The molecule has 0 saturated heterocycles. The highest BCUT2D eigenvalue weighted by molar-refractivity contribution is 7.89. The SMILES string of the molecule is CC(C)C1(CNS(=O)(=O)c2ccc(NN)cc2)CC1. The fourth-order valence-electron chi connectivity index (χ4n) is 2.17. The van der Waals surface area contributed by atoms with Gasteiger partial charge in [0, 0.05) is 12.2 Å². The van der Waals surface area contributed by atoms with E-state index in [0.717, 1.165) is 12.8 Å². The topological polar surface area (TPSA) is 84.2 Å². The van der Waals surface area contributed by atoms with Gasteiger partial charge in [0.15, 0.2) is 0 Å². The molecule has 0 radical (unpaired) electrons. The van der Waals surface area contributed by atoms with Crippen molar-refractivity contribution in [3.63, 3.8) is 0 Å². The molecule has 5 nitrogen and oxygen atoms in total. The molecule has 0 amide bonds. The number of hydrogen-bond donors (Lipinski definition) is 3. The molecule has 19 heavy (non-hydrogen) atoms. The van der Waals surface area contributed by atoms with E-state index in [9.17, 15) is 8.42 Å². The van der Waals surface area contributed by atoms with Crippen LogP contribution in [0.25, 0.3) is 0 Å². The molecule has 1 fully saturated rings. The van der Waals surface area contributed by atoms with Gasteiger partial charge >= 0.3 is 0 Å². The second-order valence-corrected chi connectivity index (χ2v) is 7.28. The van der Waals surface area contributed by atoms with Gasteiger partial charge in [0.05, 0.1) is 4.90 Å². The van der Waals surface area contributed by atoms with E-state index in [1.54, 1.807) is 24.3 Å². The lowest BCUT2D eigenvalue weighted by molar-refractivity contribution is 0.357. The quantitative estimate of drug-likeness (QED) is 0.548. The zero-order valence-corrected chi connectivity index (χ0v) is 12.1. The third-order valence-corrected chi connectivity index (χ3v) is 5.48. The summed E-state index contributed by atoms with van der Waals surface area (Å²) in [7, 11) is -3.43. The van der Waals surface area contributed by atoms with E-state index >= 15 is 0 Å². The summed E-state index contributed by atoms with van der Waals surface area (Å²) in [6, 6.07) is 6.38. The van der Waals surface area contributed by atoms with Gasteiger partial charge in [-0.3, -0.25) is 5.84 Å². The van der Waals surface area contributed by atoms with Crippen LogP contribution in [0.5, 0.6) is 0 Å². The lowest BCUT2D eigenvalue weighted by atomic mass is 9.93. The molecule has 1 aromatic rings. The maximum Gasteiger partial charge on any atom is 0.240 e. The number of sulfonamides is 1. The molecule has 0 aromatic heterocycles. The average Bonchev–Trinajstić information content (AvgIpc) is 3.18. The summed E-state index contributed by atoms with van der Waals surface area (Å²) < 4.78 is 27.0. The summed E-state index contributed by atoms with van der Waals surface area (Å²) in [5, 5.41) is 0. The van der Waals surface area contributed by atoms with Crippen molar-refractivity contribution in [1.82, 2.24) is 4.72 Å². The Hall–Kier alpha value is -1.11. The molecular formula is C13H21N3O2S. The van der Waals surface area contributed by atoms with Crippen LogP contribution >= 0.6 is 0 Å². The van der Waals surface area contributed by atoms with Crippen LogP contribution in [0.15, 0.2) is 29.2 Å². The van der Waals surface area contributed by atoms with E-state index in [4.69, 9.17) is 5.84 Å². The number of nitrogen functional groups attached to an aromatic ring is 1. The van der Waals surface area contributed by atoms with E-state index in [1.165, 1.54) is 0 Å². The molecule has 0 unspecified atom stereocenters. The van der Waals surface area contributed by atoms with Crippen molar-refractivity contribution in [3.05, 3.63) is 24.3 Å². The Balaban J connectivity index is 2.06. The molecule has 0 bridgehead atoms. The van der Waals surface area contributed by atoms with Gasteiger partial charge in [-0.05, 0) is 48.4 Å². The first-order chi connectivity index (χ1) is 8.89. The van der Waals surface area contributed by atoms with Gasteiger partial charge in [0.1, 0.15) is 0 Å². The van der Waals surface area contributed by atoms with E-state index in [1.807, 2.05) is 0 Å². The molecule has 2 rings (SSSR count). The zero-order chi connectivity index (χ0) is 14.1. The van der Waals surface area contributed by atoms with Gasteiger partial charge in [0.25, 0.3) is 0 Å². The van der Waals surface area contributed by atoms with Crippen molar-refractivity contribution < 1.29 is 8.42 Å². The minimum Gasteiger partial charge on any atom is -0.324 e. The molecule has 0 spiro atoms. The van der Waals surface area contributed by atoms with Crippen LogP contribution < -0.4 is 16.0 Å². The Morgan fingerprint density at radius 1 is 1.26 bits per heavy atom. The number of nitrogens with one attached hydrogen (secondary N) is 2. The van der Waals surface area contributed by atoms with Crippen LogP contribution in [0.3, 0.4) is 0 Å². The molecular weight excluding hydrogens is 262 g/mol. The van der Waals surface area contributed by atoms with Crippen molar-refractivity contribution in [3.8, 4) is 0 Å². The molecule has 1 saturated carbocycles. The van der Waals surface area contributed by atoms with Crippen molar-refractivity contribution >= 4 is 15.7 Å². The number of rotatable bonds is 6. The molecule has 1 aliphatic rings. The van der Waals surface area contributed by atoms with E-state index in [2.05, 4.69) is 24.0 Å². The number of anilines is 1. The summed E-state index contributed by atoms with van der Waals surface area (Å²) in [6.45, 7) is 4.80. The maximum atomic E-state index is 12.2. The molecule has 4 N–H and O–H groups in total. The van der Waals surface area contributed by atoms with Crippen molar-refractivity contribution in [2.45, 2.75) is 31.6 Å². The smallest absolute Gasteiger partial charge is 0.240 e. The lowest BCUT2D eigenvalue weighted by Crippen LogP contribution is -2.32. The average molecular weight is 283 g/mol. The second kappa shape index (κ2) is 5.11. The van der Waals surface area contributed by atoms with Gasteiger partial charge in [-0.15, -0.1) is 0 Å². The van der Waals surface area contributed by atoms with Crippen LogP contribution in [0.2, 0.25) is 0 Å². The van der Waals surface area contributed by atoms with Crippen LogP contribution in [-0.4, -0.2) is 15.0 Å². The first kappa shape index (κ1) is 14.3. The third-order valence-electron chi connectivity index (χ3n) is 4.06. The molecule has 1 aliphatic carbocycles. The Morgan fingerprint density at radius 2 is 1.84 bits per heavy atom. The van der Waals surface area contributed by atoms with Gasteiger partial charge in [-0.1, -0.05) is 13.8 Å². The molecule has 0 heterocycles. The number of hydrogen-bond acceptors (Lipinski definition) is 4. The fourth-order valence-corrected chi connectivity index (χ4v) is 3.31. The van der Waals surface area contributed by atoms with Crippen LogP contribution in [0, 0.1) is 11.3 Å². The molecule has 6 heteroatoms.